The molecule has 0 spiro atoms. The molecule has 0 bridgehead atoms. The molecule has 0 atom stereocenters. The third-order valence-corrected chi connectivity index (χ3v) is 4.67. The van der Waals surface area contributed by atoms with E-state index in [1.54, 1.807) is 10.6 Å². The van der Waals surface area contributed by atoms with E-state index in [9.17, 15) is 20.0 Å². The number of nitro benzene ring substituents is 1. The number of nitro groups is 1. The predicted octanol–water partition coefficient (Wildman–Crippen LogP) is 5.23. The minimum absolute atomic E-state index is 0.0969. The molecule has 8 nitrogen and oxygen atoms in total. The van der Waals surface area contributed by atoms with Gasteiger partial charge in [0.2, 0.25) is 5.88 Å². The Bertz CT molecular complexity index is 1260. The van der Waals surface area contributed by atoms with Crippen LogP contribution < -0.4 is 0 Å². The van der Waals surface area contributed by atoms with Gasteiger partial charge in [-0.05, 0) is 23.8 Å². The molecular formula is C22H16N4O4. The number of hydrogen-bond donors (Lipinski definition) is 1. The van der Waals surface area contributed by atoms with Crippen LogP contribution in [0, 0.1) is 10.1 Å². The number of rotatable bonds is 5. The van der Waals surface area contributed by atoms with Crippen LogP contribution in [0.25, 0.3) is 10.9 Å². The van der Waals surface area contributed by atoms with Gasteiger partial charge in [0.15, 0.2) is 5.69 Å². The van der Waals surface area contributed by atoms with E-state index >= 15 is 0 Å². The van der Waals surface area contributed by atoms with Crippen LogP contribution in [0.2, 0.25) is 0 Å². The van der Waals surface area contributed by atoms with Gasteiger partial charge >= 0.3 is 0 Å². The summed E-state index contributed by atoms with van der Waals surface area (Å²) >= 11 is 0. The van der Waals surface area contributed by atoms with Crippen LogP contribution in [0.4, 0.5) is 11.4 Å². The maximum Gasteiger partial charge on any atom is 0.295 e. The van der Waals surface area contributed by atoms with Crippen LogP contribution in [-0.2, 0) is 6.54 Å². The third kappa shape index (κ3) is 3.66. The zero-order valence-electron chi connectivity index (χ0n) is 15.7. The SMILES string of the molecule is O=C(N=Nc1c(O)n(Cc2ccccc2)c2ccccc12)c1ccc([N+](=O)[O-])cc1. The highest BCUT2D eigenvalue weighted by molar-refractivity contribution is 5.97. The van der Waals surface area contributed by atoms with Gasteiger partial charge in [0, 0.05) is 23.1 Å². The van der Waals surface area contributed by atoms with Crippen molar-refractivity contribution in [3.63, 3.8) is 0 Å². The van der Waals surface area contributed by atoms with Crippen LogP contribution in [0.1, 0.15) is 15.9 Å². The second kappa shape index (κ2) is 7.96. The normalized spacial score (nSPS) is 11.2. The Balaban J connectivity index is 1.68. The van der Waals surface area contributed by atoms with Gasteiger partial charge in [-0.3, -0.25) is 14.9 Å². The molecule has 1 N–H and O–H groups in total. The Hall–Kier alpha value is -4.33. The molecule has 4 rings (SSSR count). The molecule has 0 aliphatic rings. The summed E-state index contributed by atoms with van der Waals surface area (Å²) in [5, 5.41) is 29.9. The first kappa shape index (κ1) is 19.0. The lowest BCUT2D eigenvalue weighted by atomic mass is 10.2. The fourth-order valence-corrected chi connectivity index (χ4v) is 3.18. The van der Waals surface area contributed by atoms with Gasteiger partial charge in [-0.2, -0.15) is 0 Å². The average molecular weight is 400 g/mol. The molecule has 0 fully saturated rings. The molecule has 0 aliphatic heterocycles. The van der Waals surface area contributed by atoms with Crippen molar-refractivity contribution in [2.45, 2.75) is 6.54 Å². The van der Waals surface area contributed by atoms with Gasteiger partial charge in [0.05, 0.1) is 17.0 Å². The minimum Gasteiger partial charge on any atom is -0.493 e. The number of aromatic nitrogens is 1. The molecule has 3 aromatic carbocycles. The van der Waals surface area contributed by atoms with Gasteiger partial charge in [-0.15, -0.1) is 10.2 Å². The Morgan fingerprint density at radius 3 is 2.33 bits per heavy atom. The van der Waals surface area contributed by atoms with Crippen molar-refractivity contribution in [3.05, 3.63) is 100 Å². The molecular weight excluding hydrogens is 384 g/mol. The van der Waals surface area contributed by atoms with Gasteiger partial charge in [-0.25, -0.2) is 0 Å². The number of benzene rings is 3. The molecule has 0 aliphatic carbocycles. The number of amides is 1. The first-order valence-electron chi connectivity index (χ1n) is 9.09. The Labute approximate surface area is 170 Å². The van der Waals surface area contributed by atoms with E-state index in [0.717, 1.165) is 11.1 Å². The maximum absolute atomic E-state index is 12.3. The van der Waals surface area contributed by atoms with Crippen LogP contribution in [0.3, 0.4) is 0 Å². The topological polar surface area (TPSA) is 110 Å². The highest BCUT2D eigenvalue weighted by Gasteiger charge is 2.17. The van der Waals surface area contributed by atoms with Crippen LogP contribution in [0.15, 0.2) is 89.1 Å². The molecule has 1 aromatic heterocycles. The third-order valence-electron chi connectivity index (χ3n) is 4.67. The quantitative estimate of drug-likeness (QED) is 0.281. The second-order valence-corrected chi connectivity index (χ2v) is 6.57. The zero-order valence-corrected chi connectivity index (χ0v) is 15.7. The summed E-state index contributed by atoms with van der Waals surface area (Å²) in [5.74, 6) is -0.760. The number of carbonyl (C=O) groups is 1. The Morgan fingerprint density at radius 2 is 1.63 bits per heavy atom. The van der Waals surface area contributed by atoms with Crippen LogP contribution in [0.5, 0.6) is 5.88 Å². The summed E-state index contributed by atoms with van der Waals surface area (Å²) in [7, 11) is 0. The van der Waals surface area contributed by atoms with Crippen molar-refractivity contribution in [2.24, 2.45) is 10.2 Å². The fraction of sp³-hybridized carbons (Fsp3) is 0.0455. The van der Waals surface area contributed by atoms with Crippen molar-refractivity contribution >= 4 is 28.2 Å². The van der Waals surface area contributed by atoms with Gasteiger partial charge in [0.1, 0.15) is 0 Å². The van der Waals surface area contributed by atoms with E-state index < -0.39 is 10.8 Å². The lowest BCUT2D eigenvalue weighted by Crippen LogP contribution is -1.98. The number of aromatic hydroxyl groups is 1. The highest BCUT2D eigenvalue weighted by Crippen LogP contribution is 2.39. The molecule has 4 aromatic rings. The summed E-state index contributed by atoms with van der Waals surface area (Å²) in [6, 6.07) is 22.1. The first-order chi connectivity index (χ1) is 14.5. The number of fused-ring (bicyclic) bond motifs is 1. The van der Waals surface area contributed by atoms with E-state index in [1.165, 1.54) is 24.3 Å². The van der Waals surface area contributed by atoms with Gasteiger partial charge < -0.3 is 9.67 Å². The van der Waals surface area contributed by atoms with Crippen molar-refractivity contribution < 1.29 is 14.8 Å². The molecule has 0 saturated heterocycles. The molecule has 0 saturated carbocycles. The predicted molar refractivity (Wildman–Crippen MR) is 111 cm³/mol. The van der Waals surface area contributed by atoms with Crippen molar-refractivity contribution in [2.75, 3.05) is 0 Å². The average Bonchev–Trinajstić information content (AvgIpc) is 3.04. The molecule has 8 heteroatoms. The van der Waals surface area contributed by atoms with Crippen molar-refractivity contribution in [1.29, 1.82) is 0 Å². The summed E-state index contributed by atoms with van der Waals surface area (Å²) in [6.45, 7) is 0.430. The summed E-state index contributed by atoms with van der Waals surface area (Å²) < 4.78 is 1.70. The van der Waals surface area contributed by atoms with E-state index in [4.69, 9.17) is 0 Å². The smallest absolute Gasteiger partial charge is 0.295 e. The van der Waals surface area contributed by atoms with Crippen LogP contribution in [-0.4, -0.2) is 20.5 Å². The number of azo groups is 1. The molecule has 1 amide bonds. The summed E-state index contributed by atoms with van der Waals surface area (Å²) in [4.78, 5) is 22.5. The molecule has 0 radical (unpaired) electrons. The highest BCUT2D eigenvalue weighted by atomic mass is 16.6. The van der Waals surface area contributed by atoms with Gasteiger partial charge in [0.25, 0.3) is 11.6 Å². The van der Waals surface area contributed by atoms with E-state index in [1.807, 2.05) is 48.5 Å². The molecule has 148 valence electrons. The van der Waals surface area contributed by atoms with Crippen molar-refractivity contribution in [3.8, 4) is 5.88 Å². The lowest BCUT2D eigenvalue weighted by Gasteiger charge is -2.06. The fourth-order valence-electron chi connectivity index (χ4n) is 3.18. The summed E-state index contributed by atoms with van der Waals surface area (Å²) in [6.07, 6.45) is 0. The Kier molecular flexibility index (Phi) is 5.04. The number of hydrogen-bond acceptors (Lipinski definition) is 5. The lowest BCUT2D eigenvalue weighted by molar-refractivity contribution is -0.384. The first-order valence-corrected chi connectivity index (χ1v) is 9.09. The number of nitrogens with zero attached hydrogens (tertiary/aromatic N) is 4. The van der Waals surface area contributed by atoms with E-state index in [-0.39, 0.29) is 22.8 Å². The summed E-state index contributed by atoms with van der Waals surface area (Å²) in [5.41, 5.74) is 1.99. The number of para-hydroxylation sites is 1. The Morgan fingerprint density at radius 1 is 0.967 bits per heavy atom. The van der Waals surface area contributed by atoms with Gasteiger partial charge in [-0.1, -0.05) is 48.5 Å². The number of non-ortho nitro benzene ring substituents is 1. The molecule has 30 heavy (non-hydrogen) atoms. The van der Waals surface area contributed by atoms with Crippen LogP contribution >= 0.6 is 0 Å². The molecule has 1 heterocycles. The standard InChI is InChI=1S/C22H16N4O4/c27-21(16-10-12-17(13-11-16)26(29)30)24-23-20-18-8-4-5-9-19(18)25(22(20)28)14-15-6-2-1-3-7-15/h1-13,28H,14H2. The monoisotopic (exact) mass is 400 g/mol. The van der Waals surface area contributed by atoms with Crippen molar-refractivity contribution in [1.82, 2.24) is 4.57 Å². The largest absolute Gasteiger partial charge is 0.493 e. The second-order valence-electron chi connectivity index (χ2n) is 6.57. The zero-order chi connectivity index (χ0) is 21.1. The molecule has 0 unspecified atom stereocenters. The van der Waals surface area contributed by atoms with E-state index in [0.29, 0.717) is 11.9 Å². The maximum atomic E-state index is 12.3. The minimum atomic E-state index is -0.663. The number of carbonyl (C=O) groups excluding carboxylic acids is 1. The van der Waals surface area contributed by atoms with E-state index in [2.05, 4.69) is 10.2 Å².